The van der Waals surface area contributed by atoms with Gasteiger partial charge in [-0.1, -0.05) is 6.92 Å². The summed E-state index contributed by atoms with van der Waals surface area (Å²) in [4.78, 5) is 27.5. The van der Waals surface area contributed by atoms with Gasteiger partial charge in [0.15, 0.2) is 0 Å². The summed E-state index contributed by atoms with van der Waals surface area (Å²) in [5, 5.41) is 9.47. The normalized spacial score (nSPS) is 31.2. The second-order valence-corrected chi connectivity index (χ2v) is 5.87. The highest BCUT2D eigenvalue weighted by Gasteiger charge is 2.43. The van der Waals surface area contributed by atoms with E-state index in [1.54, 1.807) is 9.80 Å². The number of morpholine rings is 1. The molecular weight excluding hydrogens is 260 g/mol. The van der Waals surface area contributed by atoms with E-state index < -0.39 is 11.4 Å². The summed E-state index contributed by atoms with van der Waals surface area (Å²) in [6.45, 7) is 6.54. The van der Waals surface area contributed by atoms with Crippen molar-refractivity contribution in [3.8, 4) is 0 Å². The average molecular weight is 284 g/mol. The second kappa shape index (κ2) is 5.99. The van der Waals surface area contributed by atoms with Gasteiger partial charge >= 0.3 is 12.0 Å². The molecule has 6 nitrogen and oxygen atoms in total. The minimum absolute atomic E-state index is 0.0427. The van der Waals surface area contributed by atoms with Crippen molar-refractivity contribution in [2.24, 2.45) is 5.41 Å². The molecule has 0 aromatic carbocycles. The zero-order chi connectivity index (χ0) is 14.8. The topological polar surface area (TPSA) is 70.1 Å². The molecule has 20 heavy (non-hydrogen) atoms. The van der Waals surface area contributed by atoms with Crippen LogP contribution in [-0.2, 0) is 9.53 Å². The Labute approximate surface area is 119 Å². The highest BCUT2D eigenvalue weighted by atomic mass is 16.5. The zero-order valence-electron chi connectivity index (χ0n) is 12.3. The predicted molar refractivity (Wildman–Crippen MR) is 73.5 cm³/mol. The van der Waals surface area contributed by atoms with E-state index in [1.165, 1.54) is 0 Å². The summed E-state index contributed by atoms with van der Waals surface area (Å²) in [6.07, 6.45) is 2.02. The molecule has 2 saturated heterocycles. The number of amides is 2. The predicted octanol–water partition coefficient (Wildman–Crippen LogP) is 1.40. The van der Waals surface area contributed by atoms with Gasteiger partial charge in [0.1, 0.15) is 0 Å². The second-order valence-electron chi connectivity index (χ2n) is 5.87. The van der Waals surface area contributed by atoms with Crippen molar-refractivity contribution in [1.82, 2.24) is 9.80 Å². The molecule has 2 atom stereocenters. The molecule has 0 saturated carbocycles. The lowest BCUT2D eigenvalue weighted by Gasteiger charge is -2.42. The molecule has 0 aromatic rings. The standard InChI is InChI=1S/C14H24N2O4/c1-3-14(12(17)18)5-4-6-16(10-14)13(19)15-7-8-20-11(2)9-15/h11H,3-10H2,1-2H3,(H,17,18). The van der Waals surface area contributed by atoms with Crippen LogP contribution in [-0.4, -0.2) is 65.8 Å². The highest BCUT2D eigenvalue weighted by molar-refractivity contribution is 5.79. The van der Waals surface area contributed by atoms with Crippen LogP contribution in [0.15, 0.2) is 0 Å². The molecule has 0 aromatic heterocycles. The number of piperidine rings is 1. The summed E-state index contributed by atoms with van der Waals surface area (Å²) in [5.41, 5.74) is -0.772. The van der Waals surface area contributed by atoms with Crippen LogP contribution in [0.5, 0.6) is 0 Å². The Morgan fingerprint density at radius 1 is 1.35 bits per heavy atom. The lowest BCUT2D eigenvalue weighted by molar-refractivity contribution is -0.152. The maximum atomic E-state index is 12.5. The van der Waals surface area contributed by atoms with Crippen LogP contribution in [0.1, 0.15) is 33.1 Å². The van der Waals surface area contributed by atoms with Crippen LogP contribution >= 0.6 is 0 Å². The first kappa shape index (κ1) is 15.1. The van der Waals surface area contributed by atoms with Crippen molar-refractivity contribution in [2.45, 2.75) is 39.2 Å². The molecular formula is C14H24N2O4. The maximum absolute atomic E-state index is 12.5. The first-order valence-corrected chi connectivity index (χ1v) is 7.37. The van der Waals surface area contributed by atoms with Gasteiger partial charge in [0.05, 0.1) is 18.1 Å². The number of ether oxygens (including phenoxy) is 1. The molecule has 1 N–H and O–H groups in total. The number of carbonyl (C=O) groups excluding carboxylic acids is 1. The van der Waals surface area contributed by atoms with Crippen LogP contribution in [0.2, 0.25) is 0 Å². The van der Waals surface area contributed by atoms with Gasteiger partial charge in [-0.25, -0.2) is 4.79 Å². The lowest BCUT2D eigenvalue weighted by atomic mass is 9.78. The molecule has 2 aliphatic rings. The quantitative estimate of drug-likeness (QED) is 0.832. The summed E-state index contributed by atoms with van der Waals surface area (Å²) < 4.78 is 5.44. The smallest absolute Gasteiger partial charge is 0.320 e. The van der Waals surface area contributed by atoms with Crippen LogP contribution in [0.3, 0.4) is 0 Å². The van der Waals surface area contributed by atoms with Crippen LogP contribution in [0.4, 0.5) is 4.79 Å². The van der Waals surface area contributed by atoms with Gasteiger partial charge in [0, 0.05) is 26.2 Å². The number of likely N-dealkylation sites (tertiary alicyclic amines) is 1. The molecule has 2 rings (SSSR count). The van der Waals surface area contributed by atoms with Crippen molar-refractivity contribution >= 4 is 12.0 Å². The molecule has 0 radical (unpaired) electrons. The van der Waals surface area contributed by atoms with Gasteiger partial charge in [0.25, 0.3) is 0 Å². The van der Waals surface area contributed by atoms with Crippen molar-refractivity contribution in [2.75, 3.05) is 32.8 Å². The van der Waals surface area contributed by atoms with Gasteiger partial charge in [-0.15, -0.1) is 0 Å². The maximum Gasteiger partial charge on any atom is 0.320 e. The number of aliphatic carboxylic acids is 1. The van der Waals surface area contributed by atoms with Crippen molar-refractivity contribution in [3.05, 3.63) is 0 Å². The third-order valence-corrected chi connectivity index (χ3v) is 4.49. The van der Waals surface area contributed by atoms with E-state index in [-0.39, 0.29) is 12.1 Å². The first-order valence-electron chi connectivity index (χ1n) is 7.37. The Morgan fingerprint density at radius 3 is 2.70 bits per heavy atom. The Morgan fingerprint density at radius 2 is 2.10 bits per heavy atom. The number of carboxylic acid groups (broad SMARTS) is 1. The summed E-state index contributed by atoms with van der Waals surface area (Å²) in [5.74, 6) is -0.784. The lowest BCUT2D eigenvalue weighted by Crippen LogP contribution is -2.56. The minimum atomic E-state index is -0.784. The molecule has 2 aliphatic heterocycles. The van der Waals surface area contributed by atoms with Gasteiger partial charge in [-0.05, 0) is 26.2 Å². The molecule has 6 heteroatoms. The van der Waals surface area contributed by atoms with E-state index in [1.807, 2.05) is 13.8 Å². The van der Waals surface area contributed by atoms with Crippen molar-refractivity contribution in [1.29, 1.82) is 0 Å². The average Bonchev–Trinajstić information content (AvgIpc) is 2.46. The largest absolute Gasteiger partial charge is 0.481 e. The minimum Gasteiger partial charge on any atom is -0.481 e. The molecule has 2 heterocycles. The van der Waals surface area contributed by atoms with Crippen molar-refractivity contribution in [3.63, 3.8) is 0 Å². The van der Waals surface area contributed by atoms with E-state index in [4.69, 9.17) is 4.74 Å². The Hall–Kier alpha value is -1.30. The van der Waals surface area contributed by atoms with Gasteiger partial charge in [-0.3, -0.25) is 4.79 Å². The Kier molecular flexibility index (Phi) is 4.52. The summed E-state index contributed by atoms with van der Waals surface area (Å²) in [7, 11) is 0. The third kappa shape index (κ3) is 2.90. The van der Waals surface area contributed by atoms with E-state index in [2.05, 4.69) is 0 Å². The Bertz CT molecular complexity index is 387. The highest BCUT2D eigenvalue weighted by Crippen LogP contribution is 2.34. The number of rotatable bonds is 2. The number of urea groups is 1. The van der Waals surface area contributed by atoms with Crippen molar-refractivity contribution < 1.29 is 19.4 Å². The fraction of sp³-hybridized carbons (Fsp3) is 0.857. The molecule has 0 aliphatic carbocycles. The molecule has 114 valence electrons. The van der Waals surface area contributed by atoms with E-state index >= 15 is 0 Å². The number of hydrogen-bond acceptors (Lipinski definition) is 3. The fourth-order valence-corrected chi connectivity index (χ4v) is 3.10. The first-order chi connectivity index (χ1) is 9.48. The monoisotopic (exact) mass is 284 g/mol. The number of carbonyl (C=O) groups is 2. The van der Waals surface area contributed by atoms with Crippen LogP contribution < -0.4 is 0 Å². The molecule has 2 amide bonds. The zero-order valence-corrected chi connectivity index (χ0v) is 12.3. The SMILES string of the molecule is CCC1(C(=O)O)CCCN(C(=O)N2CCOC(C)C2)C1. The Balaban J connectivity index is 2.04. The number of hydrogen-bond donors (Lipinski definition) is 1. The molecule has 2 unspecified atom stereocenters. The molecule has 0 bridgehead atoms. The van der Waals surface area contributed by atoms with Gasteiger partial charge in [-0.2, -0.15) is 0 Å². The summed E-state index contributed by atoms with van der Waals surface area (Å²) in [6, 6.07) is -0.0427. The number of nitrogens with zero attached hydrogens (tertiary/aromatic N) is 2. The summed E-state index contributed by atoms with van der Waals surface area (Å²) >= 11 is 0. The molecule has 0 spiro atoms. The molecule has 2 fully saturated rings. The fourth-order valence-electron chi connectivity index (χ4n) is 3.10. The van der Waals surface area contributed by atoms with Gasteiger partial charge < -0.3 is 19.6 Å². The van der Waals surface area contributed by atoms with Crippen LogP contribution in [0.25, 0.3) is 0 Å². The van der Waals surface area contributed by atoms with E-state index in [0.29, 0.717) is 45.6 Å². The van der Waals surface area contributed by atoms with Crippen LogP contribution in [0, 0.1) is 5.41 Å². The third-order valence-electron chi connectivity index (χ3n) is 4.49. The number of carboxylic acids is 1. The van der Waals surface area contributed by atoms with E-state index in [9.17, 15) is 14.7 Å². The van der Waals surface area contributed by atoms with E-state index in [0.717, 1.165) is 6.42 Å². The van der Waals surface area contributed by atoms with Gasteiger partial charge in [0.2, 0.25) is 0 Å².